The first-order valence-electron chi connectivity index (χ1n) is 8.25. The van der Waals surface area contributed by atoms with Crippen LogP contribution in [0.5, 0.6) is 5.75 Å². The van der Waals surface area contributed by atoms with Crippen molar-refractivity contribution in [1.29, 1.82) is 0 Å². The molecule has 0 atom stereocenters. The normalized spacial score (nSPS) is 11.4. The summed E-state index contributed by atoms with van der Waals surface area (Å²) in [4.78, 5) is 11.0. The molecule has 0 unspecified atom stereocenters. The summed E-state index contributed by atoms with van der Waals surface area (Å²) in [6.45, 7) is 4.34. The van der Waals surface area contributed by atoms with Crippen molar-refractivity contribution in [3.8, 4) is 5.75 Å². The molecule has 0 saturated carbocycles. The summed E-state index contributed by atoms with van der Waals surface area (Å²) in [5.41, 5.74) is 1.15. The molecular weight excluding hydrogens is 320 g/mol. The average molecular weight is 346 g/mol. The highest BCUT2D eigenvalue weighted by Gasteiger charge is 2.06. The summed E-state index contributed by atoms with van der Waals surface area (Å²) in [5.74, 6) is 1.77. The van der Waals surface area contributed by atoms with Crippen molar-refractivity contribution >= 4 is 17.3 Å². The number of para-hydroxylation sites is 1. The molecule has 0 radical (unpaired) electrons. The number of benzene rings is 1. The first-order chi connectivity index (χ1) is 11.7. The van der Waals surface area contributed by atoms with Crippen LogP contribution in [0.3, 0.4) is 0 Å². The minimum Gasteiger partial charge on any atom is -0.492 e. The number of nitrogens with one attached hydrogen (secondary N) is 1. The number of thiazole rings is 1. The van der Waals surface area contributed by atoms with Gasteiger partial charge in [-0.25, -0.2) is 4.98 Å². The molecule has 0 aliphatic carbocycles. The Bertz CT molecular complexity index is 627. The third kappa shape index (κ3) is 5.85. The van der Waals surface area contributed by atoms with Gasteiger partial charge in [-0.2, -0.15) is 0 Å². The summed E-state index contributed by atoms with van der Waals surface area (Å²) < 4.78 is 5.73. The van der Waals surface area contributed by atoms with Crippen LogP contribution in [0.4, 0.5) is 0 Å². The van der Waals surface area contributed by atoms with E-state index in [0.717, 1.165) is 43.3 Å². The number of aliphatic imine (C=N–C) groups is 1. The molecule has 0 saturated heterocycles. The molecule has 0 aliphatic rings. The second-order valence-electron chi connectivity index (χ2n) is 5.39. The molecule has 1 N–H and O–H groups in total. The van der Waals surface area contributed by atoms with Gasteiger partial charge in [-0.1, -0.05) is 25.1 Å². The molecule has 2 rings (SSSR count). The van der Waals surface area contributed by atoms with Crippen LogP contribution in [0.25, 0.3) is 0 Å². The van der Waals surface area contributed by atoms with Gasteiger partial charge in [0.2, 0.25) is 0 Å². The first kappa shape index (κ1) is 18.3. The van der Waals surface area contributed by atoms with E-state index in [9.17, 15) is 0 Å². The molecule has 24 heavy (non-hydrogen) atoms. The topological polar surface area (TPSA) is 49.8 Å². The molecule has 130 valence electrons. The van der Waals surface area contributed by atoms with Crippen molar-refractivity contribution in [1.82, 2.24) is 15.2 Å². The molecular formula is C18H26N4OS. The summed E-state index contributed by atoms with van der Waals surface area (Å²) in [6.07, 6.45) is 1.91. The predicted molar refractivity (Wildman–Crippen MR) is 101 cm³/mol. The maximum Gasteiger partial charge on any atom is 0.193 e. The van der Waals surface area contributed by atoms with E-state index in [1.54, 1.807) is 18.4 Å². The Morgan fingerprint density at radius 3 is 2.79 bits per heavy atom. The van der Waals surface area contributed by atoms with Gasteiger partial charge in [-0.3, -0.25) is 4.99 Å². The van der Waals surface area contributed by atoms with Crippen molar-refractivity contribution in [2.45, 2.75) is 19.8 Å². The standard InChI is InChI=1S/C18H26N4OS/c1-4-17-21-15(14-24-17)10-11-20-18(19-2)22(3)12-13-23-16-8-6-5-7-9-16/h5-9,14H,4,10-13H2,1-3H3,(H,19,20). The van der Waals surface area contributed by atoms with E-state index in [4.69, 9.17) is 4.74 Å². The van der Waals surface area contributed by atoms with Crippen molar-refractivity contribution in [3.63, 3.8) is 0 Å². The maximum absolute atomic E-state index is 5.73. The number of rotatable bonds is 8. The zero-order chi connectivity index (χ0) is 17.2. The average Bonchev–Trinajstić information content (AvgIpc) is 3.07. The summed E-state index contributed by atoms with van der Waals surface area (Å²) >= 11 is 1.73. The third-order valence-electron chi connectivity index (χ3n) is 3.58. The molecule has 0 bridgehead atoms. The zero-order valence-electron chi connectivity index (χ0n) is 14.7. The second kappa shape index (κ2) is 9.93. The quantitative estimate of drug-likeness (QED) is 0.590. The van der Waals surface area contributed by atoms with Crippen molar-refractivity contribution in [2.75, 3.05) is 33.8 Å². The molecule has 0 aliphatic heterocycles. The lowest BCUT2D eigenvalue weighted by molar-refractivity contribution is 0.281. The molecule has 1 aromatic carbocycles. The Kier molecular flexibility index (Phi) is 7.55. The lowest BCUT2D eigenvalue weighted by Gasteiger charge is -2.22. The molecule has 0 amide bonds. The monoisotopic (exact) mass is 346 g/mol. The van der Waals surface area contributed by atoms with Gasteiger partial charge >= 0.3 is 0 Å². The molecule has 6 heteroatoms. The fourth-order valence-corrected chi connectivity index (χ4v) is 3.02. The summed E-state index contributed by atoms with van der Waals surface area (Å²) in [5, 5.41) is 6.72. The zero-order valence-corrected chi connectivity index (χ0v) is 15.5. The van der Waals surface area contributed by atoms with Crippen LogP contribution >= 0.6 is 11.3 Å². The Morgan fingerprint density at radius 1 is 1.33 bits per heavy atom. The van der Waals surface area contributed by atoms with Gasteiger partial charge in [-0.05, 0) is 18.6 Å². The Balaban J connectivity index is 1.70. The lowest BCUT2D eigenvalue weighted by atomic mass is 10.3. The van der Waals surface area contributed by atoms with Crippen LogP contribution in [0, 0.1) is 0 Å². The fraction of sp³-hybridized carbons (Fsp3) is 0.444. The van der Waals surface area contributed by atoms with Gasteiger partial charge < -0.3 is 15.0 Å². The number of ether oxygens (including phenoxy) is 1. The van der Waals surface area contributed by atoms with E-state index in [-0.39, 0.29) is 0 Å². The van der Waals surface area contributed by atoms with Crippen LogP contribution in [-0.2, 0) is 12.8 Å². The minimum atomic E-state index is 0.618. The fourth-order valence-electron chi connectivity index (χ4n) is 2.24. The first-order valence-corrected chi connectivity index (χ1v) is 9.13. The highest BCUT2D eigenvalue weighted by atomic mass is 32.1. The number of hydrogen-bond acceptors (Lipinski definition) is 4. The maximum atomic E-state index is 5.73. The van der Waals surface area contributed by atoms with Crippen LogP contribution < -0.4 is 10.1 Å². The number of hydrogen-bond donors (Lipinski definition) is 1. The van der Waals surface area contributed by atoms with Gasteiger partial charge in [0, 0.05) is 32.4 Å². The Hall–Kier alpha value is -2.08. The van der Waals surface area contributed by atoms with E-state index in [2.05, 4.69) is 32.5 Å². The number of guanidine groups is 1. The van der Waals surface area contributed by atoms with E-state index in [0.29, 0.717) is 6.61 Å². The summed E-state index contributed by atoms with van der Waals surface area (Å²) in [6, 6.07) is 9.86. The van der Waals surface area contributed by atoms with E-state index in [1.807, 2.05) is 37.4 Å². The van der Waals surface area contributed by atoms with Crippen LogP contribution in [0.15, 0.2) is 40.7 Å². The van der Waals surface area contributed by atoms with Gasteiger partial charge in [0.25, 0.3) is 0 Å². The summed E-state index contributed by atoms with van der Waals surface area (Å²) in [7, 11) is 3.82. The van der Waals surface area contributed by atoms with Crippen molar-refractivity contribution in [2.24, 2.45) is 4.99 Å². The molecule has 0 spiro atoms. The van der Waals surface area contributed by atoms with Gasteiger partial charge in [0.15, 0.2) is 5.96 Å². The second-order valence-corrected chi connectivity index (χ2v) is 6.34. The van der Waals surface area contributed by atoms with Gasteiger partial charge in [-0.15, -0.1) is 11.3 Å². The third-order valence-corrected chi connectivity index (χ3v) is 4.62. The number of aromatic nitrogens is 1. The van der Waals surface area contributed by atoms with Crippen LogP contribution in [0.2, 0.25) is 0 Å². The molecule has 5 nitrogen and oxygen atoms in total. The lowest BCUT2D eigenvalue weighted by Crippen LogP contribution is -2.41. The van der Waals surface area contributed by atoms with Gasteiger partial charge in [0.1, 0.15) is 12.4 Å². The molecule has 1 aromatic heterocycles. The largest absolute Gasteiger partial charge is 0.492 e. The highest BCUT2D eigenvalue weighted by molar-refractivity contribution is 7.09. The molecule has 1 heterocycles. The Labute approximate surface area is 148 Å². The van der Waals surface area contributed by atoms with Crippen molar-refractivity contribution in [3.05, 3.63) is 46.4 Å². The molecule has 0 fully saturated rings. The SMILES string of the molecule is CCc1nc(CCNC(=NC)N(C)CCOc2ccccc2)cs1. The minimum absolute atomic E-state index is 0.618. The smallest absolute Gasteiger partial charge is 0.193 e. The predicted octanol–water partition coefficient (Wildman–Crippen LogP) is 2.83. The van der Waals surface area contributed by atoms with E-state index < -0.39 is 0 Å². The van der Waals surface area contributed by atoms with Crippen LogP contribution in [0.1, 0.15) is 17.6 Å². The Morgan fingerprint density at radius 2 is 2.12 bits per heavy atom. The van der Waals surface area contributed by atoms with Crippen molar-refractivity contribution < 1.29 is 4.74 Å². The highest BCUT2D eigenvalue weighted by Crippen LogP contribution is 2.10. The molecule has 2 aromatic rings. The van der Waals surface area contributed by atoms with Crippen LogP contribution in [-0.4, -0.2) is 49.6 Å². The van der Waals surface area contributed by atoms with Gasteiger partial charge in [0.05, 0.1) is 17.2 Å². The van der Waals surface area contributed by atoms with E-state index in [1.165, 1.54) is 5.01 Å². The van der Waals surface area contributed by atoms with E-state index >= 15 is 0 Å². The number of likely N-dealkylation sites (N-methyl/N-ethyl adjacent to an activating group) is 1. The number of nitrogens with zero attached hydrogens (tertiary/aromatic N) is 3. The number of aryl methyl sites for hydroxylation is 1.